The second-order valence-electron chi connectivity index (χ2n) is 3.72. The Morgan fingerprint density at radius 3 is 2.38 bits per heavy atom. The molecule has 1 atom stereocenters. The van der Waals surface area contributed by atoms with Crippen molar-refractivity contribution >= 4 is 10.1 Å². The van der Waals surface area contributed by atoms with E-state index in [1.54, 1.807) is 12.1 Å². The summed E-state index contributed by atoms with van der Waals surface area (Å²) in [6, 6.07) is 6.27. The molecule has 1 rings (SSSR count). The zero-order valence-corrected chi connectivity index (χ0v) is 10.3. The third kappa shape index (κ3) is 3.59. The minimum atomic E-state index is -3.66. The van der Waals surface area contributed by atoms with Crippen LogP contribution >= 0.6 is 0 Å². The lowest BCUT2D eigenvalue weighted by Gasteiger charge is -2.09. The number of nitrogens with two attached hydrogens (primary N) is 1. The van der Waals surface area contributed by atoms with Crippen molar-refractivity contribution in [3.63, 3.8) is 0 Å². The smallest absolute Gasteiger partial charge is 0.297 e. The van der Waals surface area contributed by atoms with E-state index < -0.39 is 10.1 Å². The van der Waals surface area contributed by atoms with Crippen LogP contribution in [0.25, 0.3) is 0 Å². The summed E-state index contributed by atoms with van der Waals surface area (Å²) in [5.74, 6) is 0. The number of hydrogen-bond acceptors (Lipinski definition) is 4. The summed E-state index contributed by atoms with van der Waals surface area (Å²) in [6.07, 6.45) is 0.684. The van der Waals surface area contributed by atoms with Crippen molar-refractivity contribution in [2.75, 3.05) is 6.61 Å². The summed E-state index contributed by atoms with van der Waals surface area (Å²) in [6.45, 7) is 3.80. The Morgan fingerprint density at radius 1 is 1.31 bits per heavy atom. The van der Waals surface area contributed by atoms with Crippen LogP contribution in [0.5, 0.6) is 0 Å². The van der Waals surface area contributed by atoms with E-state index in [4.69, 9.17) is 9.92 Å². The van der Waals surface area contributed by atoms with Crippen LogP contribution in [0.1, 0.15) is 18.9 Å². The average Bonchev–Trinajstić information content (AvgIpc) is 2.26. The number of hydrogen-bond donors (Lipinski definition) is 1. The molecule has 1 unspecified atom stereocenters. The van der Waals surface area contributed by atoms with Crippen molar-refractivity contribution in [3.05, 3.63) is 29.8 Å². The van der Waals surface area contributed by atoms with Gasteiger partial charge in [0.1, 0.15) is 0 Å². The van der Waals surface area contributed by atoms with E-state index >= 15 is 0 Å². The van der Waals surface area contributed by atoms with Gasteiger partial charge in [0.25, 0.3) is 10.1 Å². The van der Waals surface area contributed by atoms with Gasteiger partial charge in [0.15, 0.2) is 0 Å². The maximum absolute atomic E-state index is 11.7. The topological polar surface area (TPSA) is 69.4 Å². The Balaban J connectivity index is 2.74. The van der Waals surface area contributed by atoms with E-state index in [1.807, 2.05) is 13.8 Å². The number of rotatable bonds is 5. The molecular weight excluding hydrogens is 226 g/mol. The van der Waals surface area contributed by atoms with Crippen molar-refractivity contribution in [2.24, 2.45) is 5.73 Å². The van der Waals surface area contributed by atoms with Crippen LogP contribution in [-0.4, -0.2) is 21.1 Å². The highest BCUT2D eigenvalue weighted by Crippen LogP contribution is 2.13. The molecule has 4 nitrogen and oxygen atoms in total. The van der Waals surface area contributed by atoms with E-state index in [-0.39, 0.29) is 17.5 Å². The molecule has 0 aliphatic rings. The van der Waals surface area contributed by atoms with Gasteiger partial charge in [-0.25, -0.2) is 0 Å². The fourth-order valence-corrected chi connectivity index (χ4v) is 2.03. The Kier molecular flexibility index (Phi) is 4.46. The first kappa shape index (κ1) is 13.2. The Bertz CT molecular complexity index is 425. The molecule has 90 valence electrons. The van der Waals surface area contributed by atoms with Gasteiger partial charge in [0.2, 0.25) is 0 Å². The molecule has 0 radical (unpaired) electrons. The number of aryl methyl sites for hydroxylation is 1. The van der Waals surface area contributed by atoms with Gasteiger partial charge in [0.05, 0.1) is 11.5 Å². The summed E-state index contributed by atoms with van der Waals surface area (Å²) < 4.78 is 28.2. The number of benzene rings is 1. The highest BCUT2D eigenvalue weighted by molar-refractivity contribution is 7.86. The van der Waals surface area contributed by atoms with Crippen LogP contribution in [0.15, 0.2) is 29.2 Å². The van der Waals surface area contributed by atoms with Gasteiger partial charge in [-0.1, -0.05) is 24.6 Å². The molecule has 0 saturated heterocycles. The van der Waals surface area contributed by atoms with Crippen molar-refractivity contribution in [3.8, 4) is 0 Å². The molecular formula is C11H17NO3S. The molecule has 0 amide bonds. The van der Waals surface area contributed by atoms with Gasteiger partial charge in [-0.05, 0) is 25.5 Å². The fraction of sp³-hybridized carbons (Fsp3) is 0.455. The van der Waals surface area contributed by atoms with Gasteiger partial charge < -0.3 is 5.73 Å². The molecule has 0 saturated carbocycles. The monoisotopic (exact) mass is 243 g/mol. The molecule has 0 aliphatic heterocycles. The second-order valence-corrected chi connectivity index (χ2v) is 5.34. The minimum absolute atomic E-state index is 0.0205. The Morgan fingerprint density at radius 2 is 1.88 bits per heavy atom. The van der Waals surface area contributed by atoms with Crippen molar-refractivity contribution in [1.82, 2.24) is 0 Å². The molecule has 0 aliphatic carbocycles. The molecule has 0 fully saturated rings. The molecule has 0 spiro atoms. The lowest BCUT2D eigenvalue weighted by Crippen LogP contribution is -2.26. The van der Waals surface area contributed by atoms with Crippen LogP contribution in [0.2, 0.25) is 0 Å². The standard InChI is InChI=1S/C11H17NO3S/c1-3-10(12)8-15-16(13,14)11-6-4-9(2)5-7-11/h4-7,10H,3,8,12H2,1-2H3. The summed E-state index contributed by atoms with van der Waals surface area (Å²) in [5, 5.41) is 0. The maximum Gasteiger partial charge on any atom is 0.297 e. The molecule has 5 heteroatoms. The second kappa shape index (κ2) is 5.43. The van der Waals surface area contributed by atoms with Crippen LogP contribution in [0.3, 0.4) is 0 Å². The predicted molar refractivity (Wildman–Crippen MR) is 62.6 cm³/mol. The van der Waals surface area contributed by atoms with E-state index in [0.29, 0.717) is 6.42 Å². The zero-order valence-electron chi connectivity index (χ0n) is 9.51. The van der Waals surface area contributed by atoms with Gasteiger partial charge in [0, 0.05) is 6.04 Å². The Hall–Kier alpha value is -0.910. The molecule has 0 heterocycles. The lowest BCUT2D eigenvalue weighted by atomic mass is 10.2. The first-order chi connectivity index (χ1) is 7.45. The van der Waals surface area contributed by atoms with E-state index in [1.165, 1.54) is 12.1 Å². The third-order valence-electron chi connectivity index (χ3n) is 2.27. The molecule has 1 aromatic rings. The van der Waals surface area contributed by atoms with Gasteiger partial charge >= 0.3 is 0 Å². The van der Waals surface area contributed by atoms with Crippen LogP contribution < -0.4 is 5.73 Å². The normalized spacial score (nSPS) is 13.7. The average molecular weight is 243 g/mol. The van der Waals surface area contributed by atoms with Crippen LogP contribution in [0.4, 0.5) is 0 Å². The summed E-state index contributed by atoms with van der Waals surface area (Å²) >= 11 is 0. The zero-order chi connectivity index (χ0) is 12.2. The van der Waals surface area contributed by atoms with Gasteiger partial charge in [-0.2, -0.15) is 8.42 Å². The first-order valence-electron chi connectivity index (χ1n) is 5.17. The molecule has 16 heavy (non-hydrogen) atoms. The van der Waals surface area contributed by atoms with Crippen LogP contribution in [-0.2, 0) is 14.3 Å². The molecule has 0 aromatic heterocycles. The fourth-order valence-electron chi connectivity index (χ4n) is 1.07. The SMILES string of the molecule is CCC(N)COS(=O)(=O)c1ccc(C)cc1. The molecule has 0 bridgehead atoms. The lowest BCUT2D eigenvalue weighted by molar-refractivity contribution is 0.288. The third-order valence-corrected chi connectivity index (χ3v) is 3.57. The summed E-state index contributed by atoms with van der Waals surface area (Å²) in [7, 11) is -3.66. The predicted octanol–water partition coefficient (Wildman–Crippen LogP) is 1.44. The summed E-state index contributed by atoms with van der Waals surface area (Å²) in [5.41, 5.74) is 6.60. The van der Waals surface area contributed by atoms with Crippen molar-refractivity contribution < 1.29 is 12.6 Å². The first-order valence-corrected chi connectivity index (χ1v) is 6.58. The van der Waals surface area contributed by atoms with Gasteiger partial charge in [-0.15, -0.1) is 0 Å². The van der Waals surface area contributed by atoms with Gasteiger partial charge in [-0.3, -0.25) is 4.18 Å². The van der Waals surface area contributed by atoms with E-state index in [2.05, 4.69) is 0 Å². The van der Waals surface area contributed by atoms with Crippen molar-refractivity contribution in [2.45, 2.75) is 31.2 Å². The molecule has 1 aromatic carbocycles. The quantitative estimate of drug-likeness (QED) is 0.794. The molecule has 2 N–H and O–H groups in total. The van der Waals surface area contributed by atoms with Crippen molar-refractivity contribution in [1.29, 1.82) is 0 Å². The maximum atomic E-state index is 11.7. The Labute approximate surface area is 96.5 Å². The van der Waals surface area contributed by atoms with E-state index in [9.17, 15) is 8.42 Å². The summed E-state index contributed by atoms with van der Waals surface area (Å²) in [4.78, 5) is 0.168. The minimum Gasteiger partial charge on any atom is -0.326 e. The highest BCUT2D eigenvalue weighted by Gasteiger charge is 2.15. The largest absolute Gasteiger partial charge is 0.326 e. The highest BCUT2D eigenvalue weighted by atomic mass is 32.2. The van der Waals surface area contributed by atoms with E-state index in [0.717, 1.165) is 5.56 Å². The van der Waals surface area contributed by atoms with Crippen LogP contribution in [0, 0.1) is 6.92 Å².